The number of alkyl halides is 3. The molecule has 29 heavy (non-hydrogen) atoms. The number of primary sulfonamides is 1. The Bertz CT molecular complexity index is 1130. The Kier molecular flexibility index (Phi) is 5.58. The second-order valence-corrected chi connectivity index (χ2v) is 7.98. The van der Waals surface area contributed by atoms with Crippen LogP contribution in [0.4, 0.5) is 24.8 Å². The Balaban J connectivity index is 2.08. The van der Waals surface area contributed by atoms with Gasteiger partial charge in [-0.2, -0.15) is 13.2 Å². The van der Waals surface area contributed by atoms with Crippen LogP contribution in [0.3, 0.4) is 0 Å². The first-order valence-electron chi connectivity index (χ1n) is 8.39. The third-order valence-corrected chi connectivity index (χ3v) is 4.87. The van der Waals surface area contributed by atoms with Crippen LogP contribution in [-0.4, -0.2) is 18.4 Å². The van der Waals surface area contributed by atoms with Crippen LogP contribution in [0.5, 0.6) is 0 Å². The third kappa shape index (κ3) is 5.30. The van der Waals surface area contributed by atoms with Gasteiger partial charge in [0.1, 0.15) is 5.69 Å². The van der Waals surface area contributed by atoms with Crippen molar-refractivity contribution in [3.63, 3.8) is 0 Å². The number of nitrogens with two attached hydrogens (primary N) is 1. The van der Waals surface area contributed by atoms with E-state index in [1.807, 2.05) is 30.3 Å². The predicted molar refractivity (Wildman–Crippen MR) is 104 cm³/mol. The summed E-state index contributed by atoms with van der Waals surface area (Å²) in [5.74, 6) is -0.679. The average Bonchev–Trinajstić information content (AvgIpc) is 2.63. The van der Waals surface area contributed by atoms with Crippen molar-refractivity contribution in [2.24, 2.45) is 5.14 Å². The normalized spacial score (nSPS) is 12.0. The highest BCUT2D eigenvalue weighted by Gasteiger charge is 2.32. The van der Waals surface area contributed by atoms with E-state index in [0.717, 1.165) is 17.8 Å². The average molecular weight is 422 g/mol. The predicted octanol–water partition coefficient (Wildman–Crippen LogP) is 4.00. The minimum absolute atomic E-state index is 0.260. The zero-order valence-corrected chi connectivity index (χ0v) is 16.1. The van der Waals surface area contributed by atoms with Gasteiger partial charge in [-0.15, -0.1) is 0 Å². The molecule has 1 aromatic heterocycles. The second kappa shape index (κ2) is 7.80. The highest BCUT2D eigenvalue weighted by molar-refractivity contribution is 7.88. The number of aromatic nitrogens is 2. The lowest BCUT2D eigenvalue weighted by Crippen LogP contribution is -2.15. The zero-order valence-electron chi connectivity index (χ0n) is 15.2. The van der Waals surface area contributed by atoms with Crippen molar-refractivity contribution in [3.05, 3.63) is 71.5 Å². The van der Waals surface area contributed by atoms with Gasteiger partial charge in [0.2, 0.25) is 16.0 Å². The molecule has 152 valence electrons. The standard InChI is InChI=1S/C19H17F3N4O2S/c1-12-14(11-29(23,27)28)9-15(10-16(12)13-5-3-2-4-6-13)25-18-24-8-7-17(26-18)19(20,21)22/h2-10H,11H2,1H3,(H2,23,27,28)(H,24,25,26). The maximum Gasteiger partial charge on any atom is 0.433 e. The van der Waals surface area contributed by atoms with Crippen LogP contribution >= 0.6 is 0 Å². The van der Waals surface area contributed by atoms with E-state index in [-0.39, 0.29) is 5.95 Å². The molecular weight excluding hydrogens is 405 g/mol. The van der Waals surface area contributed by atoms with Gasteiger partial charge < -0.3 is 5.32 Å². The summed E-state index contributed by atoms with van der Waals surface area (Å²) in [5.41, 5.74) is 1.89. The maximum atomic E-state index is 12.9. The summed E-state index contributed by atoms with van der Waals surface area (Å²) >= 11 is 0. The highest BCUT2D eigenvalue weighted by atomic mass is 32.2. The van der Waals surface area contributed by atoms with Gasteiger partial charge in [0.25, 0.3) is 0 Å². The van der Waals surface area contributed by atoms with Crippen LogP contribution in [0.1, 0.15) is 16.8 Å². The summed E-state index contributed by atoms with van der Waals surface area (Å²) in [6.07, 6.45) is -3.61. The second-order valence-electron chi connectivity index (χ2n) is 6.37. The fourth-order valence-corrected chi connectivity index (χ4v) is 3.57. The zero-order chi connectivity index (χ0) is 21.2. The van der Waals surface area contributed by atoms with Crippen molar-refractivity contribution in [1.82, 2.24) is 9.97 Å². The lowest BCUT2D eigenvalue weighted by molar-refractivity contribution is -0.141. The van der Waals surface area contributed by atoms with Crippen LogP contribution < -0.4 is 10.5 Å². The molecule has 0 spiro atoms. The van der Waals surface area contributed by atoms with Gasteiger partial charge in [0, 0.05) is 11.9 Å². The molecule has 0 saturated carbocycles. The fourth-order valence-electron chi connectivity index (χ4n) is 2.84. The number of anilines is 2. The molecular formula is C19H17F3N4O2S. The van der Waals surface area contributed by atoms with Crippen LogP contribution in [-0.2, 0) is 22.0 Å². The molecule has 0 aliphatic carbocycles. The molecule has 0 unspecified atom stereocenters. The first kappa shape index (κ1) is 20.7. The number of nitrogens with one attached hydrogen (secondary N) is 1. The summed E-state index contributed by atoms with van der Waals surface area (Å²) in [5, 5.41) is 7.92. The first-order valence-corrected chi connectivity index (χ1v) is 10.1. The Hall–Kier alpha value is -2.98. The summed E-state index contributed by atoms with van der Waals surface area (Å²) in [6.45, 7) is 1.76. The molecule has 3 aromatic rings. The lowest BCUT2D eigenvalue weighted by Gasteiger charge is -2.15. The summed E-state index contributed by atoms with van der Waals surface area (Å²) < 4.78 is 62.0. The van der Waals surface area contributed by atoms with E-state index in [2.05, 4.69) is 15.3 Å². The summed E-state index contributed by atoms with van der Waals surface area (Å²) in [7, 11) is -3.82. The molecule has 0 saturated heterocycles. The molecule has 0 amide bonds. The van der Waals surface area contributed by atoms with E-state index < -0.39 is 27.6 Å². The highest BCUT2D eigenvalue weighted by Crippen LogP contribution is 2.32. The quantitative estimate of drug-likeness (QED) is 0.648. The Morgan fingerprint density at radius 3 is 2.41 bits per heavy atom. The Morgan fingerprint density at radius 1 is 1.10 bits per heavy atom. The van der Waals surface area contributed by atoms with Crippen molar-refractivity contribution in [1.29, 1.82) is 0 Å². The van der Waals surface area contributed by atoms with E-state index in [1.54, 1.807) is 13.0 Å². The summed E-state index contributed by atoms with van der Waals surface area (Å²) in [4.78, 5) is 7.29. The van der Waals surface area contributed by atoms with Gasteiger partial charge in [-0.1, -0.05) is 30.3 Å². The van der Waals surface area contributed by atoms with Crippen molar-refractivity contribution in [2.75, 3.05) is 5.32 Å². The van der Waals surface area contributed by atoms with Crippen LogP contribution in [0.2, 0.25) is 0 Å². The molecule has 6 nitrogen and oxygen atoms in total. The molecule has 3 N–H and O–H groups in total. The monoisotopic (exact) mass is 422 g/mol. The van der Waals surface area contributed by atoms with Gasteiger partial charge in [0.15, 0.2) is 0 Å². The molecule has 0 atom stereocenters. The van der Waals surface area contributed by atoms with Crippen molar-refractivity contribution in [3.8, 4) is 11.1 Å². The van der Waals surface area contributed by atoms with Crippen molar-refractivity contribution < 1.29 is 21.6 Å². The molecule has 0 radical (unpaired) electrons. The number of benzene rings is 2. The number of hydrogen-bond acceptors (Lipinski definition) is 5. The number of hydrogen-bond donors (Lipinski definition) is 2. The minimum atomic E-state index is -4.61. The molecule has 2 aromatic carbocycles. The molecule has 0 bridgehead atoms. The largest absolute Gasteiger partial charge is 0.433 e. The molecule has 0 aliphatic rings. The van der Waals surface area contributed by atoms with Crippen LogP contribution in [0, 0.1) is 6.92 Å². The van der Waals surface area contributed by atoms with E-state index in [0.29, 0.717) is 22.4 Å². The number of rotatable bonds is 5. The van der Waals surface area contributed by atoms with Gasteiger partial charge in [-0.05, 0) is 47.4 Å². The van der Waals surface area contributed by atoms with E-state index in [4.69, 9.17) is 5.14 Å². The Labute approximate surface area is 165 Å². The molecule has 1 heterocycles. The third-order valence-electron chi connectivity index (χ3n) is 4.16. The van der Waals surface area contributed by atoms with Crippen LogP contribution in [0.15, 0.2) is 54.7 Å². The van der Waals surface area contributed by atoms with Gasteiger partial charge in [0.05, 0.1) is 5.75 Å². The summed E-state index contributed by atoms with van der Waals surface area (Å²) in [6, 6.07) is 13.1. The van der Waals surface area contributed by atoms with E-state index in [1.165, 1.54) is 6.07 Å². The van der Waals surface area contributed by atoms with E-state index >= 15 is 0 Å². The molecule has 0 aliphatic heterocycles. The SMILES string of the molecule is Cc1c(CS(N)(=O)=O)cc(Nc2nccc(C(F)(F)F)n2)cc1-c1ccccc1. The van der Waals surface area contributed by atoms with E-state index in [9.17, 15) is 21.6 Å². The molecule has 10 heteroatoms. The van der Waals surface area contributed by atoms with Gasteiger partial charge >= 0.3 is 6.18 Å². The number of sulfonamides is 1. The molecule has 3 rings (SSSR count). The number of halogens is 3. The minimum Gasteiger partial charge on any atom is -0.324 e. The molecule has 0 fully saturated rings. The topological polar surface area (TPSA) is 98.0 Å². The van der Waals surface area contributed by atoms with Crippen molar-refractivity contribution in [2.45, 2.75) is 18.9 Å². The number of nitrogens with zero attached hydrogens (tertiary/aromatic N) is 2. The lowest BCUT2D eigenvalue weighted by atomic mass is 9.96. The van der Waals surface area contributed by atoms with Gasteiger partial charge in [-0.3, -0.25) is 0 Å². The van der Waals surface area contributed by atoms with Crippen molar-refractivity contribution >= 4 is 21.7 Å². The van der Waals surface area contributed by atoms with Crippen LogP contribution in [0.25, 0.3) is 11.1 Å². The smallest absolute Gasteiger partial charge is 0.324 e. The van der Waals surface area contributed by atoms with Gasteiger partial charge in [-0.25, -0.2) is 23.5 Å². The maximum absolute atomic E-state index is 12.9. The first-order chi connectivity index (χ1) is 13.5. The Morgan fingerprint density at radius 2 is 1.79 bits per heavy atom. The fraction of sp³-hybridized carbons (Fsp3) is 0.158.